The van der Waals surface area contributed by atoms with E-state index in [0.29, 0.717) is 23.1 Å². The highest BCUT2D eigenvalue weighted by Crippen LogP contribution is 2.32. The number of nitrogens with zero attached hydrogens (tertiary/aromatic N) is 2. The molecule has 2 aromatic carbocycles. The zero-order valence-corrected chi connectivity index (χ0v) is 15.0. The smallest absolute Gasteiger partial charge is 0.245 e. The number of hydrazone groups is 1. The number of halogens is 1. The molecule has 2 aliphatic rings. The van der Waals surface area contributed by atoms with E-state index >= 15 is 0 Å². The maximum atomic E-state index is 12.3. The van der Waals surface area contributed by atoms with Crippen LogP contribution in [-0.4, -0.2) is 31.4 Å². The highest BCUT2D eigenvalue weighted by molar-refractivity contribution is 6.30. The molecule has 138 valence electrons. The zero-order valence-electron chi connectivity index (χ0n) is 14.2. The lowest BCUT2D eigenvalue weighted by molar-refractivity contribution is -0.126. The summed E-state index contributed by atoms with van der Waals surface area (Å²) in [5.41, 5.74) is 3.99. The van der Waals surface area contributed by atoms with E-state index in [0.717, 1.165) is 11.3 Å². The molecule has 0 bridgehead atoms. The van der Waals surface area contributed by atoms with E-state index in [9.17, 15) is 9.59 Å². The van der Waals surface area contributed by atoms with Gasteiger partial charge in [0, 0.05) is 23.7 Å². The molecular weight excluding hydrogens is 370 g/mol. The largest absolute Gasteiger partial charge is 0.454 e. The van der Waals surface area contributed by atoms with Gasteiger partial charge in [-0.1, -0.05) is 11.6 Å². The van der Waals surface area contributed by atoms with Crippen LogP contribution >= 0.6 is 11.6 Å². The molecule has 1 fully saturated rings. The van der Waals surface area contributed by atoms with Crippen LogP contribution in [0.4, 0.5) is 5.69 Å². The summed E-state index contributed by atoms with van der Waals surface area (Å²) in [4.78, 5) is 26.1. The second-order valence-electron chi connectivity index (χ2n) is 6.23. The second kappa shape index (κ2) is 7.28. The molecule has 0 saturated carbocycles. The van der Waals surface area contributed by atoms with Gasteiger partial charge in [-0.05, 0) is 48.0 Å². The number of amides is 2. The number of carbonyl (C=O) groups is 2. The van der Waals surface area contributed by atoms with Gasteiger partial charge in [0.25, 0.3) is 0 Å². The van der Waals surface area contributed by atoms with Crippen molar-refractivity contribution in [3.63, 3.8) is 0 Å². The number of hydrogen-bond acceptors (Lipinski definition) is 5. The number of hydrogen-bond donors (Lipinski definition) is 1. The predicted octanol–water partition coefficient (Wildman–Crippen LogP) is 2.57. The maximum absolute atomic E-state index is 12.3. The average Bonchev–Trinajstić information content (AvgIpc) is 3.28. The van der Waals surface area contributed by atoms with Crippen molar-refractivity contribution in [2.75, 3.05) is 18.2 Å². The molecule has 2 amide bonds. The third kappa shape index (κ3) is 3.73. The highest BCUT2D eigenvalue weighted by atomic mass is 35.5. The fourth-order valence-corrected chi connectivity index (χ4v) is 3.13. The Labute approximate surface area is 160 Å². The average molecular weight is 386 g/mol. The van der Waals surface area contributed by atoms with Crippen LogP contribution in [0.3, 0.4) is 0 Å². The highest BCUT2D eigenvalue weighted by Gasteiger charge is 2.35. The molecule has 8 heteroatoms. The minimum absolute atomic E-state index is 0.0998. The second-order valence-corrected chi connectivity index (χ2v) is 6.67. The van der Waals surface area contributed by atoms with Gasteiger partial charge in [0.1, 0.15) is 0 Å². The van der Waals surface area contributed by atoms with Crippen LogP contribution in [0.2, 0.25) is 5.02 Å². The van der Waals surface area contributed by atoms with E-state index in [1.165, 1.54) is 6.21 Å². The minimum atomic E-state index is -0.456. The first-order valence-corrected chi connectivity index (χ1v) is 8.76. The molecule has 0 spiro atoms. The number of anilines is 1. The summed E-state index contributed by atoms with van der Waals surface area (Å²) < 4.78 is 10.5. The van der Waals surface area contributed by atoms with E-state index in [-0.39, 0.29) is 25.0 Å². The first kappa shape index (κ1) is 17.4. The van der Waals surface area contributed by atoms with Crippen LogP contribution in [0.25, 0.3) is 0 Å². The van der Waals surface area contributed by atoms with Crippen molar-refractivity contribution < 1.29 is 19.1 Å². The number of ether oxygens (including phenoxy) is 2. The van der Waals surface area contributed by atoms with Crippen molar-refractivity contribution >= 4 is 35.3 Å². The van der Waals surface area contributed by atoms with Crippen LogP contribution < -0.4 is 19.8 Å². The normalized spacial score (nSPS) is 18.3. The van der Waals surface area contributed by atoms with Gasteiger partial charge < -0.3 is 14.4 Å². The van der Waals surface area contributed by atoms with Gasteiger partial charge in [-0.2, -0.15) is 5.10 Å². The SMILES string of the molecule is O=C(N/N=C\c1ccc2c(c1)OCO2)[C@H]1CC(=O)N(c2ccc(Cl)cc2)C1. The molecule has 2 aliphatic heterocycles. The monoisotopic (exact) mass is 385 g/mol. The summed E-state index contributed by atoms with van der Waals surface area (Å²) in [6.07, 6.45) is 1.67. The molecule has 0 aliphatic carbocycles. The third-order valence-electron chi connectivity index (χ3n) is 4.42. The Morgan fingerprint density at radius 3 is 2.78 bits per heavy atom. The summed E-state index contributed by atoms with van der Waals surface area (Å²) in [5.74, 6) is 0.476. The first-order valence-electron chi connectivity index (χ1n) is 8.38. The third-order valence-corrected chi connectivity index (χ3v) is 4.67. The fourth-order valence-electron chi connectivity index (χ4n) is 3.01. The molecule has 27 heavy (non-hydrogen) atoms. The number of benzene rings is 2. The summed E-state index contributed by atoms with van der Waals surface area (Å²) in [6.45, 7) is 0.512. The quantitative estimate of drug-likeness (QED) is 0.648. The summed E-state index contributed by atoms with van der Waals surface area (Å²) in [6, 6.07) is 12.3. The van der Waals surface area contributed by atoms with Gasteiger partial charge in [0.15, 0.2) is 11.5 Å². The Bertz CT molecular complexity index is 914. The van der Waals surface area contributed by atoms with E-state index < -0.39 is 5.92 Å². The molecule has 4 rings (SSSR count). The van der Waals surface area contributed by atoms with E-state index in [4.69, 9.17) is 21.1 Å². The predicted molar refractivity (Wildman–Crippen MR) is 100 cm³/mol. The molecule has 1 N–H and O–H groups in total. The maximum Gasteiger partial charge on any atom is 0.245 e. The Balaban J connectivity index is 1.36. The fraction of sp³-hybridized carbons (Fsp3) is 0.211. The van der Waals surface area contributed by atoms with Gasteiger partial charge in [-0.3, -0.25) is 9.59 Å². The molecule has 2 aromatic rings. The molecule has 1 atom stereocenters. The Morgan fingerprint density at radius 2 is 1.96 bits per heavy atom. The van der Waals surface area contributed by atoms with Gasteiger partial charge in [-0.15, -0.1) is 0 Å². The molecule has 7 nitrogen and oxygen atoms in total. The molecular formula is C19H16ClN3O4. The van der Waals surface area contributed by atoms with Crippen LogP contribution in [0.1, 0.15) is 12.0 Å². The number of nitrogens with one attached hydrogen (secondary N) is 1. The van der Waals surface area contributed by atoms with Crippen LogP contribution in [0.5, 0.6) is 11.5 Å². The lowest BCUT2D eigenvalue weighted by atomic mass is 10.1. The van der Waals surface area contributed by atoms with Gasteiger partial charge in [-0.25, -0.2) is 5.43 Å². The molecule has 2 heterocycles. The lowest BCUT2D eigenvalue weighted by Crippen LogP contribution is -2.30. The van der Waals surface area contributed by atoms with Crippen LogP contribution in [-0.2, 0) is 9.59 Å². The molecule has 0 radical (unpaired) electrons. The van der Waals surface area contributed by atoms with E-state index in [1.807, 2.05) is 6.07 Å². The van der Waals surface area contributed by atoms with Gasteiger partial charge in [0.2, 0.25) is 18.6 Å². The van der Waals surface area contributed by atoms with Crippen LogP contribution in [0, 0.1) is 5.92 Å². The Kier molecular flexibility index (Phi) is 4.68. The van der Waals surface area contributed by atoms with Crippen LogP contribution in [0.15, 0.2) is 47.6 Å². The number of fused-ring (bicyclic) bond motifs is 1. The van der Waals surface area contributed by atoms with E-state index in [2.05, 4.69) is 10.5 Å². The first-order chi connectivity index (χ1) is 13.1. The Morgan fingerprint density at radius 1 is 1.19 bits per heavy atom. The topological polar surface area (TPSA) is 80.2 Å². The summed E-state index contributed by atoms with van der Waals surface area (Å²) >= 11 is 5.87. The van der Waals surface area contributed by atoms with Crippen molar-refractivity contribution in [2.45, 2.75) is 6.42 Å². The standard InChI is InChI=1S/C19H16ClN3O4/c20-14-2-4-15(5-3-14)23-10-13(8-18(23)24)19(25)22-21-9-12-1-6-16-17(7-12)27-11-26-16/h1-7,9,13H,8,10-11H2,(H,22,25)/b21-9-/t13-/m0/s1. The van der Waals surface area contributed by atoms with Crippen molar-refractivity contribution in [1.82, 2.24) is 5.43 Å². The molecule has 0 unspecified atom stereocenters. The lowest BCUT2D eigenvalue weighted by Gasteiger charge is -2.16. The molecule has 0 aromatic heterocycles. The molecule has 1 saturated heterocycles. The summed E-state index contributed by atoms with van der Waals surface area (Å²) in [7, 11) is 0. The van der Waals surface area contributed by atoms with Crippen molar-refractivity contribution in [3.05, 3.63) is 53.1 Å². The van der Waals surface area contributed by atoms with Crippen molar-refractivity contribution in [2.24, 2.45) is 11.0 Å². The number of carbonyl (C=O) groups excluding carboxylic acids is 2. The van der Waals surface area contributed by atoms with E-state index in [1.54, 1.807) is 41.3 Å². The van der Waals surface area contributed by atoms with Gasteiger partial charge >= 0.3 is 0 Å². The van der Waals surface area contributed by atoms with Gasteiger partial charge in [0.05, 0.1) is 12.1 Å². The van der Waals surface area contributed by atoms with Crippen molar-refractivity contribution in [1.29, 1.82) is 0 Å². The summed E-state index contributed by atoms with van der Waals surface area (Å²) in [5, 5.41) is 4.57. The Hall–Kier alpha value is -3.06. The zero-order chi connectivity index (χ0) is 18.8. The van der Waals surface area contributed by atoms with Crippen molar-refractivity contribution in [3.8, 4) is 11.5 Å². The number of rotatable bonds is 4. The minimum Gasteiger partial charge on any atom is -0.454 e.